The van der Waals surface area contributed by atoms with Gasteiger partial charge in [-0.3, -0.25) is 14.9 Å². The molecule has 1 fully saturated rings. The summed E-state index contributed by atoms with van der Waals surface area (Å²) in [6, 6.07) is 9.59. The topological polar surface area (TPSA) is 128 Å². The summed E-state index contributed by atoms with van der Waals surface area (Å²) in [6.07, 6.45) is 0. The van der Waals surface area contributed by atoms with Gasteiger partial charge in [0.25, 0.3) is 11.6 Å². The van der Waals surface area contributed by atoms with Gasteiger partial charge in [-0.15, -0.1) is 0 Å². The van der Waals surface area contributed by atoms with Crippen LogP contribution in [0.5, 0.6) is 5.75 Å². The molecule has 1 aliphatic heterocycles. The first-order valence-corrected chi connectivity index (χ1v) is 10.6. The number of benzene rings is 2. The second kappa shape index (κ2) is 9.39. The first-order valence-electron chi connectivity index (χ1n) is 8.82. The molecule has 1 amide bonds. The predicted octanol–water partition coefficient (Wildman–Crippen LogP) is 2.29. The smallest absolute Gasteiger partial charge is 0.289 e. The fourth-order valence-corrected chi connectivity index (χ4v) is 4.31. The summed E-state index contributed by atoms with van der Waals surface area (Å²) in [6.45, 7) is 0.928. The van der Waals surface area contributed by atoms with Gasteiger partial charge < -0.3 is 14.8 Å². The Balaban J connectivity index is 1.58. The summed E-state index contributed by atoms with van der Waals surface area (Å²) < 4.78 is 37.0. The second-order valence-corrected chi connectivity index (χ2v) is 8.59. The molecule has 10 nitrogen and oxygen atoms in total. The molecule has 30 heavy (non-hydrogen) atoms. The van der Waals surface area contributed by atoms with Crippen LogP contribution in [0.25, 0.3) is 0 Å². The van der Waals surface area contributed by atoms with Crippen LogP contribution in [0.3, 0.4) is 0 Å². The number of nitro groups is 1. The Morgan fingerprint density at radius 2 is 1.87 bits per heavy atom. The molecule has 1 saturated heterocycles. The minimum Gasteiger partial charge on any atom is -0.484 e. The SMILES string of the molecule is O=C(COc1ccc(S(=O)(=O)N2CCOCC2)cc1)Nc1ccc(Cl)c([N+](=O)[O-])c1. The summed E-state index contributed by atoms with van der Waals surface area (Å²) in [5, 5.41) is 13.3. The van der Waals surface area contributed by atoms with Crippen LogP contribution in [0, 0.1) is 10.1 Å². The van der Waals surface area contributed by atoms with Crippen molar-refractivity contribution in [3.8, 4) is 5.75 Å². The average Bonchev–Trinajstić information content (AvgIpc) is 2.74. The van der Waals surface area contributed by atoms with Crippen molar-refractivity contribution in [2.24, 2.45) is 0 Å². The molecule has 1 aliphatic rings. The van der Waals surface area contributed by atoms with Crippen LogP contribution in [0.2, 0.25) is 5.02 Å². The van der Waals surface area contributed by atoms with Gasteiger partial charge in [-0.1, -0.05) is 11.6 Å². The number of hydrogen-bond donors (Lipinski definition) is 1. The number of morpholine rings is 1. The average molecular weight is 456 g/mol. The first kappa shape index (κ1) is 22.0. The fraction of sp³-hybridized carbons (Fsp3) is 0.278. The van der Waals surface area contributed by atoms with Crippen LogP contribution in [-0.4, -0.2) is 56.5 Å². The van der Waals surface area contributed by atoms with E-state index in [2.05, 4.69) is 5.32 Å². The van der Waals surface area contributed by atoms with E-state index in [9.17, 15) is 23.3 Å². The molecule has 12 heteroatoms. The lowest BCUT2D eigenvalue weighted by Gasteiger charge is -2.26. The Labute approximate surface area is 177 Å². The van der Waals surface area contributed by atoms with Gasteiger partial charge in [0.2, 0.25) is 10.0 Å². The monoisotopic (exact) mass is 455 g/mol. The van der Waals surface area contributed by atoms with E-state index in [-0.39, 0.29) is 27.9 Å². The quantitative estimate of drug-likeness (QED) is 0.501. The lowest BCUT2D eigenvalue weighted by atomic mass is 10.3. The van der Waals surface area contributed by atoms with Crippen molar-refractivity contribution < 1.29 is 27.6 Å². The number of halogens is 1. The molecule has 0 spiro atoms. The number of rotatable bonds is 7. The van der Waals surface area contributed by atoms with Gasteiger partial charge in [0.1, 0.15) is 10.8 Å². The molecule has 0 aromatic heterocycles. The van der Waals surface area contributed by atoms with Crippen LogP contribution in [0.4, 0.5) is 11.4 Å². The molecule has 3 rings (SSSR count). The highest BCUT2D eigenvalue weighted by atomic mass is 35.5. The van der Waals surface area contributed by atoms with Gasteiger partial charge in [0.15, 0.2) is 6.61 Å². The molecule has 0 radical (unpaired) electrons. The predicted molar refractivity (Wildman–Crippen MR) is 108 cm³/mol. The number of nitrogens with zero attached hydrogens (tertiary/aromatic N) is 2. The number of hydrogen-bond acceptors (Lipinski definition) is 7. The number of ether oxygens (including phenoxy) is 2. The third-order valence-electron chi connectivity index (χ3n) is 4.23. The highest BCUT2D eigenvalue weighted by Gasteiger charge is 2.26. The van der Waals surface area contributed by atoms with Gasteiger partial charge in [-0.05, 0) is 36.4 Å². The summed E-state index contributed by atoms with van der Waals surface area (Å²) in [5.41, 5.74) is -0.126. The van der Waals surface area contributed by atoms with Crippen molar-refractivity contribution in [3.05, 3.63) is 57.6 Å². The second-order valence-electron chi connectivity index (χ2n) is 6.25. The van der Waals surface area contributed by atoms with E-state index in [1.807, 2.05) is 0 Å². The van der Waals surface area contributed by atoms with E-state index < -0.39 is 20.9 Å². The van der Waals surface area contributed by atoms with Crippen LogP contribution in [-0.2, 0) is 19.6 Å². The van der Waals surface area contributed by atoms with E-state index >= 15 is 0 Å². The Hall–Kier alpha value is -2.73. The van der Waals surface area contributed by atoms with Crippen LogP contribution in [0.1, 0.15) is 0 Å². The van der Waals surface area contributed by atoms with Gasteiger partial charge in [0, 0.05) is 24.8 Å². The summed E-state index contributed by atoms with van der Waals surface area (Å²) in [5.74, 6) is -0.246. The van der Waals surface area contributed by atoms with Gasteiger partial charge >= 0.3 is 0 Å². The van der Waals surface area contributed by atoms with Crippen molar-refractivity contribution in [3.63, 3.8) is 0 Å². The van der Waals surface area contributed by atoms with Gasteiger partial charge in [0.05, 0.1) is 23.0 Å². The molecular weight excluding hydrogens is 438 g/mol. The number of nitro benzene ring substituents is 1. The Morgan fingerprint density at radius 3 is 2.50 bits per heavy atom. The number of nitrogens with one attached hydrogen (secondary N) is 1. The molecule has 0 unspecified atom stereocenters. The molecule has 1 heterocycles. The molecule has 0 atom stereocenters. The number of carbonyl (C=O) groups is 1. The van der Waals surface area contributed by atoms with E-state index in [1.54, 1.807) is 0 Å². The van der Waals surface area contributed by atoms with Gasteiger partial charge in [-0.25, -0.2) is 8.42 Å². The maximum absolute atomic E-state index is 12.6. The molecule has 0 bridgehead atoms. The number of carbonyl (C=O) groups excluding carboxylic acids is 1. The van der Waals surface area contributed by atoms with E-state index in [0.29, 0.717) is 32.1 Å². The normalized spacial score (nSPS) is 14.8. The van der Waals surface area contributed by atoms with E-state index in [0.717, 1.165) is 6.07 Å². The number of amides is 1. The molecule has 2 aromatic rings. The third-order valence-corrected chi connectivity index (χ3v) is 6.46. The first-order chi connectivity index (χ1) is 14.3. The van der Waals surface area contributed by atoms with E-state index in [1.165, 1.54) is 40.7 Å². The molecule has 0 saturated carbocycles. The van der Waals surface area contributed by atoms with Crippen molar-refractivity contribution >= 4 is 38.9 Å². The largest absolute Gasteiger partial charge is 0.484 e. The molecule has 0 aliphatic carbocycles. The summed E-state index contributed by atoms with van der Waals surface area (Å²) in [7, 11) is -3.61. The zero-order chi connectivity index (χ0) is 21.7. The highest BCUT2D eigenvalue weighted by molar-refractivity contribution is 7.89. The maximum atomic E-state index is 12.6. The van der Waals surface area contributed by atoms with Crippen LogP contribution < -0.4 is 10.1 Å². The minimum absolute atomic E-state index is 0.0404. The number of sulfonamides is 1. The van der Waals surface area contributed by atoms with Crippen molar-refractivity contribution in [1.82, 2.24) is 4.31 Å². The zero-order valence-corrected chi connectivity index (χ0v) is 17.2. The zero-order valence-electron chi connectivity index (χ0n) is 15.6. The number of anilines is 1. The fourth-order valence-electron chi connectivity index (χ4n) is 2.72. The van der Waals surface area contributed by atoms with Crippen LogP contribution >= 0.6 is 11.6 Å². The standard InChI is InChI=1S/C18H18ClN3O7S/c19-16-6-1-13(11-17(16)22(24)25)20-18(23)12-29-14-2-4-15(5-3-14)30(26,27)21-7-9-28-10-8-21/h1-6,11H,7-10,12H2,(H,20,23). The molecule has 160 valence electrons. The Kier molecular flexibility index (Phi) is 6.87. The Morgan fingerprint density at radius 1 is 1.20 bits per heavy atom. The summed E-state index contributed by atoms with van der Waals surface area (Å²) >= 11 is 5.73. The minimum atomic E-state index is -3.61. The molecule has 1 N–H and O–H groups in total. The van der Waals surface area contributed by atoms with Crippen molar-refractivity contribution in [2.75, 3.05) is 38.2 Å². The Bertz CT molecular complexity index is 1040. The van der Waals surface area contributed by atoms with Gasteiger partial charge in [-0.2, -0.15) is 4.31 Å². The lowest BCUT2D eigenvalue weighted by Crippen LogP contribution is -2.40. The molecule has 2 aromatic carbocycles. The maximum Gasteiger partial charge on any atom is 0.289 e. The summed E-state index contributed by atoms with van der Waals surface area (Å²) in [4.78, 5) is 22.4. The van der Waals surface area contributed by atoms with E-state index in [4.69, 9.17) is 21.1 Å². The van der Waals surface area contributed by atoms with Crippen molar-refractivity contribution in [2.45, 2.75) is 4.90 Å². The van der Waals surface area contributed by atoms with Crippen LogP contribution in [0.15, 0.2) is 47.4 Å². The highest BCUT2D eigenvalue weighted by Crippen LogP contribution is 2.27. The molecular formula is C18H18ClN3O7S. The third kappa shape index (κ3) is 5.25. The lowest BCUT2D eigenvalue weighted by molar-refractivity contribution is -0.384. The van der Waals surface area contributed by atoms with Crippen molar-refractivity contribution in [1.29, 1.82) is 0 Å².